The molecular formula is C23H39N3O. The molecule has 1 aromatic rings. The largest absolute Gasteiger partial charge is 0.367 e. The molecule has 4 heteroatoms. The van der Waals surface area contributed by atoms with Crippen LogP contribution in [0.15, 0.2) is 35.4 Å². The number of nitrogens with zero attached hydrogens (tertiary/aromatic N) is 3. The smallest absolute Gasteiger partial charge is 0.161 e. The van der Waals surface area contributed by atoms with Gasteiger partial charge in [0.15, 0.2) is 6.23 Å². The first-order valence-corrected chi connectivity index (χ1v) is 11.1. The van der Waals surface area contributed by atoms with E-state index in [2.05, 4.69) is 16.9 Å². The lowest BCUT2D eigenvalue weighted by atomic mass is 10.0. The van der Waals surface area contributed by atoms with Crippen LogP contribution in [-0.4, -0.2) is 6.61 Å². The molecule has 152 valence electrons. The lowest BCUT2D eigenvalue weighted by Crippen LogP contribution is -2.02. The fourth-order valence-corrected chi connectivity index (χ4v) is 3.35. The van der Waals surface area contributed by atoms with Gasteiger partial charge in [-0.2, -0.15) is 0 Å². The number of ether oxygens (including phenoxy) is 1. The van der Waals surface area contributed by atoms with Crippen LogP contribution in [0.3, 0.4) is 0 Å². The van der Waals surface area contributed by atoms with Crippen molar-refractivity contribution in [3.63, 3.8) is 0 Å². The van der Waals surface area contributed by atoms with Crippen molar-refractivity contribution in [3.8, 4) is 0 Å². The third kappa shape index (κ3) is 13.3. The Labute approximate surface area is 166 Å². The molecule has 1 aromatic carbocycles. The molecule has 0 radical (unpaired) electrons. The van der Waals surface area contributed by atoms with Gasteiger partial charge in [-0.1, -0.05) is 126 Å². The van der Waals surface area contributed by atoms with Gasteiger partial charge in [0, 0.05) is 11.5 Å². The highest BCUT2D eigenvalue weighted by Gasteiger charge is 2.08. The first-order valence-electron chi connectivity index (χ1n) is 11.1. The van der Waals surface area contributed by atoms with Crippen LogP contribution in [0, 0.1) is 0 Å². The number of rotatable bonds is 18. The fourth-order valence-electron chi connectivity index (χ4n) is 3.35. The highest BCUT2D eigenvalue weighted by molar-refractivity contribution is 5.17. The third-order valence-corrected chi connectivity index (χ3v) is 5.01. The maximum atomic E-state index is 8.70. The predicted octanol–water partition coefficient (Wildman–Crippen LogP) is 8.49. The molecule has 4 nitrogen and oxygen atoms in total. The number of unbranched alkanes of at least 4 members (excludes halogenated alkanes) is 13. The van der Waals surface area contributed by atoms with Crippen LogP contribution in [0.25, 0.3) is 10.4 Å². The van der Waals surface area contributed by atoms with E-state index < -0.39 is 6.23 Å². The molecule has 0 N–H and O–H groups in total. The topological polar surface area (TPSA) is 58.0 Å². The Morgan fingerprint density at radius 1 is 0.778 bits per heavy atom. The summed E-state index contributed by atoms with van der Waals surface area (Å²) in [4.78, 5) is 2.90. The van der Waals surface area contributed by atoms with Crippen molar-refractivity contribution in [1.82, 2.24) is 0 Å². The Kier molecular flexibility index (Phi) is 15.6. The summed E-state index contributed by atoms with van der Waals surface area (Å²) in [5, 5.41) is 3.76. The summed E-state index contributed by atoms with van der Waals surface area (Å²) in [5.41, 5.74) is 9.62. The van der Waals surface area contributed by atoms with Crippen LogP contribution in [0.2, 0.25) is 0 Å². The molecule has 0 saturated heterocycles. The predicted molar refractivity (Wildman–Crippen MR) is 115 cm³/mol. The Hall–Kier alpha value is -1.51. The van der Waals surface area contributed by atoms with E-state index in [4.69, 9.17) is 10.3 Å². The quantitative estimate of drug-likeness (QED) is 0.110. The first-order chi connectivity index (χ1) is 13.4. The molecule has 1 atom stereocenters. The number of benzene rings is 1. The first kappa shape index (κ1) is 23.5. The minimum Gasteiger partial charge on any atom is -0.367 e. The van der Waals surface area contributed by atoms with Crippen LogP contribution >= 0.6 is 0 Å². The summed E-state index contributed by atoms with van der Waals surface area (Å²) in [5.74, 6) is 0. The molecule has 0 bridgehead atoms. The summed E-state index contributed by atoms with van der Waals surface area (Å²) >= 11 is 0. The van der Waals surface area contributed by atoms with E-state index in [0.717, 1.165) is 12.0 Å². The number of hydrogen-bond donors (Lipinski definition) is 0. The van der Waals surface area contributed by atoms with Gasteiger partial charge in [-0.05, 0) is 17.5 Å². The molecule has 0 aliphatic carbocycles. The second kappa shape index (κ2) is 17.9. The molecule has 1 unspecified atom stereocenters. The molecule has 0 aliphatic heterocycles. The molecule has 0 aliphatic rings. The lowest BCUT2D eigenvalue weighted by molar-refractivity contribution is 0.0546. The summed E-state index contributed by atoms with van der Waals surface area (Å²) in [6.45, 7) is 2.93. The lowest BCUT2D eigenvalue weighted by Gasteiger charge is -2.12. The van der Waals surface area contributed by atoms with Crippen LogP contribution < -0.4 is 0 Å². The number of azide groups is 1. The van der Waals surface area contributed by atoms with Crippen molar-refractivity contribution in [2.45, 2.75) is 103 Å². The van der Waals surface area contributed by atoms with Gasteiger partial charge in [0.2, 0.25) is 0 Å². The summed E-state index contributed by atoms with van der Waals surface area (Å²) in [7, 11) is 0. The minimum atomic E-state index is -0.502. The van der Waals surface area contributed by atoms with E-state index >= 15 is 0 Å². The van der Waals surface area contributed by atoms with Gasteiger partial charge in [0.25, 0.3) is 0 Å². The van der Waals surface area contributed by atoms with Gasteiger partial charge in [-0.3, -0.25) is 0 Å². The van der Waals surface area contributed by atoms with Crippen LogP contribution in [0.4, 0.5) is 0 Å². The maximum Gasteiger partial charge on any atom is 0.161 e. The second-order valence-corrected chi connectivity index (χ2v) is 7.43. The molecule has 0 fully saturated rings. The van der Waals surface area contributed by atoms with Crippen molar-refractivity contribution in [1.29, 1.82) is 0 Å². The van der Waals surface area contributed by atoms with E-state index in [1.54, 1.807) is 0 Å². The summed E-state index contributed by atoms with van der Waals surface area (Å²) in [6.07, 6.45) is 18.4. The zero-order valence-electron chi connectivity index (χ0n) is 17.3. The average molecular weight is 374 g/mol. The Balaban J connectivity index is 1.90. The van der Waals surface area contributed by atoms with Gasteiger partial charge < -0.3 is 4.74 Å². The maximum absolute atomic E-state index is 8.70. The molecule has 0 saturated carbocycles. The van der Waals surface area contributed by atoms with Gasteiger partial charge in [0.05, 0.1) is 0 Å². The van der Waals surface area contributed by atoms with Gasteiger partial charge >= 0.3 is 0 Å². The summed E-state index contributed by atoms with van der Waals surface area (Å²) in [6, 6.07) is 9.69. The van der Waals surface area contributed by atoms with Crippen molar-refractivity contribution in [2.75, 3.05) is 6.61 Å². The molecular weight excluding hydrogens is 334 g/mol. The van der Waals surface area contributed by atoms with Gasteiger partial charge in [-0.25, -0.2) is 0 Å². The van der Waals surface area contributed by atoms with Crippen molar-refractivity contribution in [2.24, 2.45) is 5.11 Å². The standard InChI is InChI=1S/C23H39N3O/c1-2-3-4-5-6-7-8-9-10-11-12-13-14-18-21-27-23(25-26-24)22-19-16-15-17-20-22/h15-17,19-20,23H,2-14,18,21H2,1H3. The Bertz CT molecular complexity index is 486. The highest BCUT2D eigenvalue weighted by atomic mass is 16.5. The van der Waals surface area contributed by atoms with E-state index in [-0.39, 0.29) is 0 Å². The average Bonchev–Trinajstić information content (AvgIpc) is 2.70. The van der Waals surface area contributed by atoms with Crippen molar-refractivity contribution in [3.05, 3.63) is 46.3 Å². The third-order valence-electron chi connectivity index (χ3n) is 5.01. The van der Waals surface area contributed by atoms with E-state index in [9.17, 15) is 0 Å². The normalized spacial score (nSPS) is 11.9. The number of hydrogen-bond acceptors (Lipinski definition) is 2. The molecule has 0 heterocycles. The molecule has 0 spiro atoms. The van der Waals surface area contributed by atoms with Crippen LogP contribution in [-0.2, 0) is 4.74 Å². The monoisotopic (exact) mass is 373 g/mol. The van der Waals surface area contributed by atoms with Crippen LogP contribution in [0.5, 0.6) is 0 Å². The van der Waals surface area contributed by atoms with E-state index in [1.165, 1.54) is 83.5 Å². The fraction of sp³-hybridized carbons (Fsp3) is 0.739. The van der Waals surface area contributed by atoms with Crippen LogP contribution in [0.1, 0.15) is 109 Å². The Morgan fingerprint density at radius 3 is 1.74 bits per heavy atom. The van der Waals surface area contributed by atoms with E-state index in [1.807, 2.05) is 30.3 Å². The van der Waals surface area contributed by atoms with Gasteiger partial charge in [0.1, 0.15) is 0 Å². The summed E-state index contributed by atoms with van der Waals surface area (Å²) < 4.78 is 5.76. The molecule has 0 aromatic heterocycles. The molecule has 1 rings (SSSR count). The second-order valence-electron chi connectivity index (χ2n) is 7.43. The minimum absolute atomic E-state index is 0.502. The zero-order chi connectivity index (χ0) is 19.4. The molecule has 0 amide bonds. The van der Waals surface area contributed by atoms with Crippen molar-refractivity contribution >= 4 is 0 Å². The van der Waals surface area contributed by atoms with Crippen molar-refractivity contribution < 1.29 is 4.74 Å². The highest BCUT2D eigenvalue weighted by Crippen LogP contribution is 2.19. The van der Waals surface area contributed by atoms with E-state index in [0.29, 0.717) is 6.61 Å². The Morgan fingerprint density at radius 2 is 1.26 bits per heavy atom. The SMILES string of the molecule is CCCCCCCCCCCCCCCCOC(N=[N+]=[N-])c1ccccc1. The van der Waals surface area contributed by atoms with Gasteiger partial charge in [-0.15, -0.1) is 0 Å². The zero-order valence-corrected chi connectivity index (χ0v) is 17.3. The molecule has 27 heavy (non-hydrogen) atoms.